The van der Waals surface area contributed by atoms with Gasteiger partial charge >= 0.3 is 6.03 Å². The standard InChI is InChI=1S/C31H26N2O3/c1-36-25-16-10-21(11-17-25)18-19-32-31(35)33-30(34)23-14-12-22(13-15-23)29-20-24-6-2-3-7-26(24)27-8-4-5-9-28(27)29/h2-17,20H,18-19H2,1H3,(H2,32,33,34,35). The van der Waals surface area contributed by atoms with Gasteiger partial charge in [-0.15, -0.1) is 0 Å². The second-order valence-electron chi connectivity index (χ2n) is 8.58. The van der Waals surface area contributed by atoms with E-state index in [2.05, 4.69) is 47.0 Å². The van der Waals surface area contributed by atoms with Crippen molar-refractivity contribution in [3.05, 3.63) is 114 Å². The maximum atomic E-state index is 12.6. The van der Waals surface area contributed by atoms with E-state index in [1.807, 2.05) is 54.6 Å². The molecule has 5 nitrogen and oxygen atoms in total. The van der Waals surface area contributed by atoms with Gasteiger partial charge in [-0.1, -0.05) is 72.8 Å². The molecule has 0 aliphatic carbocycles. The molecule has 178 valence electrons. The zero-order valence-corrected chi connectivity index (χ0v) is 20.0. The Morgan fingerprint density at radius 3 is 2.14 bits per heavy atom. The Labute approximate surface area is 209 Å². The zero-order chi connectivity index (χ0) is 24.9. The first-order chi connectivity index (χ1) is 17.6. The molecule has 0 saturated carbocycles. The van der Waals surface area contributed by atoms with E-state index in [4.69, 9.17) is 4.74 Å². The number of methoxy groups -OCH3 is 1. The first-order valence-electron chi connectivity index (χ1n) is 11.9. The van der Waals surface area contributed by atoms with Crippen LogP contribution in [0, 0.1) is 0 Å². The van der Waals surface area contributed by atoms with Crippen molar-refractivity contribution < 1.29 is 14.3 Å². The van der Waals surface area contributed by atoms with Crippen LogP contribution in [0.2, 0.25) is 0 Å². The van der Waals surface area contributed by atoms with Gasteiger partial charge < -0.3 is 10.1 Å². The van der Waals surface area contributed by atoms with E-state index in [0.717, 1.165) is 27.8 Å². The molecule has 0 bridgehead atoms. The van der Waals surface area contributed by atoms with E-state index < -0.39 is 11.9 Å². The van der Waals surface area contributed by atoms with Crippen molar-refractivity contribution in [2.24, 2.45) is 0 Å². The Morgan fingerprint density at radius 2 is 1.42 bits per heavy atom. The molecule has 5 aromatic carbocycles. The SMILES string of the molecule is COc1ccc(CCNC(=O)NC(=O)c2ccc(-c3cc4ccccc4c4ccccc34)cc2)cc1. The second kappa shape index (κ2) is 10.3. The molecule has 0 aromatic heterocycles. The van der Waals surface area contributed by atoms with Gasteiger partial charge in [-0.05, 0) is 75.0 Å². The van der Waals surface area contributed by atoms with Crippen LogP contribution in [0.1, 0.15) is 15.9 Å². The van der Waals surface area contributed by atoms with E-state index >= 15 is 0 Å². The summed E-state index contributed by atoms with van der Waals surface area (Å²) in [6, 6.07) is 33.3. The van der Waals surface area contributed by atoms with Crippen molar-refractivity contribution in [1.29, 1.82) is 0 Å². The third-order valence-electron chi connectivity index (χ3n) is 6.31. The molecule has 0 aliphatic rings. The molecule has 5 rings (SSSR count). The highest BCUT2D eigenvalue weighted by Gasteiger charge is 2.12. The molecule has 0 unspecified atom stereocenters. The molecule has 0 radical (unpaired) electrons. The van der Waals surface area contributed by atoms with Crippen LogP contribution < -0.4 is 15.4 Å². The smallest absolute Gasteiger partial charge is 0.321 e. The molecule has 0 aliphatic heterocycles. The summed E-state index contributed by atoms with van der Waals surface area (Å²) in [5.74, 6) is 0.349. The molecular weight excluding hydrogens is 448 g/mol. The Balaban J connectivity index is 1.25. The van der Waals surface area contributed by atoms with Crippen LogP contribution in [-0.4, -0.2) is 25.6 Å². The van der Waals surface area contributed by atoms with Crippen LogP contribution in [0.4, 0.5) is 4.79 Å². The maximum absolute atomic E-state index is 12.6. The third kappa shape index (κ3) is 4.91. The summed E-state index contributed by atoms with van der Waals surface area (Å²) in [4.78, 5) is 24.8. The Kier molecular flexibility index (Phi) is 6.63. The molecule has 5 aromatic rings. The predicted octanol–water partition coefficient (Wildman–Crippen LogP) is 6.35. The molecule has 3 amide bonds. The van der Waals surface area contributed by atoms with Gasteiger partial charge in [0.1, 0.15) is 5.75 Å². The summed E-state index contributed by atoms with van der Waals surface area (Å²) in [5.41, 5.74) is 3.61. The number of carbonyl (C=O) groups is 2. The first kappa shape index (κ1) is 23.1. The number of ether oxygens (including phenoxy) is 1. The van der Waals surface area contributed by atoms with E-state index in [0.29, 0.717) is 18.5 Å². The van der Waals surface area contributed by atoms with E-state index in [-0.39, 0.29) is 0 Å². The predicted molar refractivity (Wildman–Crippen MR) is 144 cm³/mol. The summed E-state index contributed by atoms with van der Waals surface area (Å²) >= 11 is 0. The van der Waals surface area contributed by atoms with Crippen molar-refractivity contribution >= 4 is 33.5 Å². The minimum atomic E-state index is -0.516. The molecule has 0 heterocycles. The van der Waals surface area contributed by atoms with Crippen molar-refractivity contribution in [2.45, 2.75) is 6.42 Å². The lowest BCUT2D eigenvalue weighted by Gasteiger charge is -2.12. The lowest BCUT2D eigenvalue weighted by molar-refractivity contribution is 0.0964. The molecule has 0 spiro atoms. The first-order valence-corrected chi connectivity index (χ1v) is 11.9. The minimum Gasteiger partial charge on any atom is -0.497 e. The van der Waals surface area contributed by atoms with Gasteiger partial charge in [0, 0.05) is 12.1 Å². The molecule has 36 heavy (non-hydrogen) atoms. The molecule has 0 saturated heterocycles. The lowest BCUT2D eigenvalue weighted by atomic mass is 9.93. The van der Waals surface area contributed by atoms with Gasteiger partial charge in [0.25, 0.3) is 5.91 Å². The Bertz CT molecular complexity index is 1540. The van der Waals surface area contributed by atoms with Gasteiger partial charge in [0.2, 0.25) is 0 Å². The third-order valence-corrected chi connectivity index (χ3v) is 6.31. The average Bonchev–Trinajstić information content (AvgIpc) is 2.93. The summed E-state index contributed by atoms with van der Waals surface area (Å²) < 4.78 is 5.15. The van der Waals surface area contributed by atoms with Crippen molar-refractivity contribution in [1.82, 2.24) is 10.6 Å². The highest BCUT2D eigenvalue weighted by molar-refractivity contribution is 6.14. The van der Waals surface area contributed by atoms with Crippen LogP contribution in [-0.2, 0) is 6.42 Å². The number of hydrogen-bond donors (Lipinski definition) is 2. The summed E-state index contributed by atoms with van der Waals surface area (Å²) in [5, 5.41) is 9.87. The van der Waals surface area contributed by atoms with Crippen molar-refractivity contribution in [3.8, 4) is 16.9 Å². The topological polar surface area (TPSA) is 67.4 Å². The fourth-order valence-corrected chi connectivity index (χ4v) is 4.43. The number of urea groups is 1. The minimum absolute atomic E-state index is 0.416. The van der Waals surface area contributed by atoms with E-state index in [9.17, 15) is 9.59 Å². The number of rotatable bonds is 6. The van der Waals surface area contributed by atoms with Gasteiger partial charge in [0.05, 0.1) is 7.11 Å². The number of benzene rings is 5. The monoisotopic (exact) mass is 474 g/mol. The van der Waals surface area contributed by atoms with E-state index in [1.165, 1.54) is 16.2 Å². The summed E-state index contributed by atoms with van der Waals surface area (Å²) in [7, 11) is 1.62. The molecule has 0 fully saturated rings. The van der Waals surface area contributed by atoms with Gasteiger partial charge in [0.15, 0.2) is 0 Å². The van der Waals surface area contributed by atoms with Gasteiger partial charge in [-0.2, -0.15) is 0 Å². The fraction of sp³-hybridized carbons (Fsp3) is 0.0968. The number of amides is 3. The molecule has 5 heteroatoms. The van der Waals surface area contributed by atoms with E-state index in [1.54, 1.807) is 19.2 Å². The van der Waals surface area contributed by atoms with Crippen LogP contribution in [0.25, 0.3) is 32.7 Å². The summed E-state index contributed by atoms with van der Waals surface area (Å²) in [6.45, 7) is 0.416. The lowest BCUT2D eigenvalue weighted by Crippen LogP contribution is -2.40. The highest BCUT2D eigenvalue weighted by Crippen LogP contribution is 2.34. The number of fused-ring (bicyclic) bond motifs is 3. The normalized spacial score (nSPS) is 10.8. The average molecular weight is 475 g/mol. The number of hydrogen-bond acceptors (Lipinski definition) is 3. The Hall–Kier alpha value is -4.64. The van der Waals surface area contributed by atoms with Crippen LogP contribution >= 0.6 is 0 Å². The zero-order valence-electron chi connectivity index (χ0n) is 20.0. The van der Waals surface area contributed by atoms with Gasteiger partial charge in [-0.25, -0.2) is 4.79 Å². The number of carbonyl (C=O) groups excluding carboxylic acids is 2. The Morgan fingerprint density at radius 1 is 0.750 bits per heavy atom. The molecule has 0 atom stereocenters. The van der Waals surface area contributed by atoms with Crippen LogP contribution in [0.5, 0.6) is 5.75 Å². The van der Waals surface area contributed by atoms with Gasteiger partial charge in [-0.3, -0.25) is 10.1 Å². The number of imide groups is 1. The van der Waals surface area contributed by atoms with Crippen molar-refractivity contribution in [3.63, 3.8) is 0 Å². The maximum Gasteiger partial charge on any atom is 0.321 e. The fourth-order valence-electron chi connectivity index (χ4n) is 4.43. The quantitative estimate of drug-likeness (QED) is 0.282. The van der Waals surface area contributed by atoms with Crippen molar-refractivity contribution in [2.75, 3.05) is 13.7 Å². The molecular formula is C31H26N2O3. The highest BCUT2D eigenvalue weighted by atomic mass is 16.5. The number of nitrogens with one attached hydrogen (secondary N) is 2. The molecule has 2 N–H and O–H groups in total. The summed E-state index contributed by atoms with van der Waals surface area (Å²) in [6.07, 6.45) is 0.653. The van der Waals surface area contributed by atoms with Crippen LogP contribution in [0.15, 0.2) is 103 Å². The largest absolute Gasteiger partial charge is 0.497 e. The van der Waals surface area contributed by atoms with Crippen LogP contribution in [0.3, 0.4) is 0 Å². The second-order valence-corrected chi connectivity index (χ2v) is 8.58.